The Balaban J connectivity index is 1.43. The van der Waals surface area contributed by atoms with E-state index in [0.29, 0.717) is 43.7 Å². The molecule has 1 unspecified atom stereocenters. The summed E-state index contributed by atoms with van der Waals surface area (Å²) in [6.07, 6.45) is -1.23. The number of hydrogen-bond acceptors (Lipinski definition) is 6. The molecule has 3 heterocycles. The Hall–Kier alpha value is -3.72. The van der Waals surface area contributed by atoms with Gasteiger partial charge in [0.05, 0.1) is 23.9 Å². The topological polar surface area (TPSA) is 89.8 Å². The standard InChI is InChI=1S/C25H22F3N5O3S/c1-31-10-7-18(12-21(31)34)36-17-5-3-15(4-6-17)33-23(37)32(22(35)24(33)8-2-9-24)16-11-19(25(26,27)28)20(13-29)30-14-16/h3-6,11,14,18H,2,7-10,12H2,1H3. The number of benzene rings is 1. The van der Waals surface area contributed by atoms with E-state index in [1.807, 2.05) is 0 Å². The molecular formula is C25H22F3N5O3S. The van der Waals surface area contributed by atoms with Crippen molar-refractivity contribution in [2.45, 2.75) is 49.9 Å². The maximum absolute atomic E-state index is 13.6. The highest BCUT2D eigenvalue weighted by molar-refractivity contribution is 7.81. The number of ether oxygens (including phenoxy) is 1. The lowest BCUT2D eigenvalue weighted by Gasteiger charge is -2.43. The van der Waals surface area contributed by atoms with Crippen LogP contribution in [0.25, 0.3) is 0 Å². The second kappa shape index (κ2) is 8.99. The molecule has 1 spiro atoms. The van der Waals surface area contributed by atoms with Crippen molar-refractivity contribution in [1.82, 2.24) is 9.88 Å². The molecular weight excluding hydrogens is 507 g/mol. The second-order valence-electron chi connectivity index (χ2n) is 9.38. The number of hydrogen-bond donors (Lipinski definition) is 0. The molecule has 12 heteroatoms. The van der Waals surface area contributed by atoms with Crippen LogP contribution in [0.2, 0.25) is 0 Å². The highest BCUT2D eigenvalue weighted by Gasteiger charge is 2.59. The molecule has 0 bridgehead atoms. The van der Waals surface area contributed by atoms with E-state index in [2.05, 4.69) is 4.98 Å². The van der Waals surface area contributed by atoms with Gasteiger partial charge in [-0.1, -0.05) is 0 Å². The number of carbonyl (C=O) groups excluding carboxylic acids is 2. The maximum atomic E-state index is 13.6. The summed E-state index contributed by atoms with van der Waals surface area (Å²) < 4.78 is 46.6. The van der Waals surface area contributed by atoms with Gasteiger partial charge in [0.2, 0.25) is 5.91 Å². The van der Waals surface area contributed by atoms with Crippen molar-refractivity contribution in [3.63, 3.8) is 0 Å². The van der Waals surface area contributed by atoms with Crippen LogP contribution in [-0.4, -0.2) is 52.0 Å². The van der Waals surface area contributed by atoms with Crippen LogP contribution < -0.4 is 14.5 Å². The third-order valence-corrected chi connectivity index (χ3v) is 7.51. The predicted octanol–water partition coefficient (Wildman–Crippen LogP) is 4.03. The summed E-state index contributed by atoms with van der Waals surface area (Å²) in [5.74, 6) is 0.161. The Kier molecular flexibility index (Phi) is 6.06. The number of alkyl halides is 3. The van der Waals surface area contributed by atoms with Crippen molar-refractivity contribution in [3.05, 3.63) is 47.8 Å². The minimum Gasteiger partial charge on any atom is -0.490 e. The van der Waals surface area contributed by atoms with Crippen LogP contribution in [0.15, 0.2) is 36.5 Å². The van der Waals surface area contributed by atoms with Crippen LogP contribution in [0.4, 0.5) is 24.5 Å². The highest BCUT2D eigenvalue weighted by Crippen LogP contribution is 2.48. The van der Waals surface area contributed by atoms with Crippen LogP contribution in [0.3, 0.4) is 0 Å². The number of nitrogens with zero attached hydrogens (tertiary/aromatic N) is 5. The highest BCUT2D eigenvalue weighted by atomic mass is 32.1. The van der Waals surface area contributed by atoms with Gasteiger partial charge in [0.25, 0.3) is 5.91 Å². The first-order valence-electron chi connectivity index (χ1n) is 11.7. The Bertz CT molecular complexity index is 1320. The van der Waals surface area contributed by atoms with Crippen molar-refractivity contribution in [2.24, 2.45) is 0 Å². The van der Waals surface area contributed by atoms with E-state index in [1.165, 1.54) is 6.07 Å². The molecule has 2 amide bonds. The second-order valence-corrected chi connectivity index (χ2v) is 9.75. The molecule has 2 aromatic rings. The van der Waals surface area contributed by atoms with E-state index in [1.54, 1.807) is 41.1 Å². The Morgan fingerprint density at radius 1 is 1.19 bits per heavy atom. The number of rotatable bonds is 4. The van der Waals surface area contributed by atoms with Crippen molar-refractivity contribution in [3.8, 4) is 11.8 Å². The van der Waals surface area contributed by atoms with Gasteiger partial charge in [0, 0.05) is 25.7 Å². The van der Waals surface area contributed by atoms with Crippen LogP contribution in [0.1, 0.15) is 43.4 Å². The van der Waals surface area contributed by atoms with Gasteiger partial charge in [-0.15, -0.1) is 0 Å². The zero-order chi connectivity index (χ0) is 26.5. The Labute approximate surface area is 216 Å². The van der Waals surface area contributed by atoms with Gasteiger partial charge < -0.3 is 14.5 Å². The summed E-state index contributed by atoms with van der Waals surface area (Å²) in [4.78, 5) is 33.6. The number of likely N-dealkylation sites (tertiary alicyclic amines) is 1. The van der Waals surface area contributed by atoms with Crippen LogP contribution in [0.5, 0.6) is 5.75 Å². The molecule has 3 fully saturated rings. The van der Waals surface area contributed by atoms with E-state index in [9.17, 15) is 22.8 Å². The molecule has 1 aromatic heterocycles. The first-order chi connectivity index (χ1) is 17.5. The van der Waals surface area contributed by atoms with E-state index >= 15 is 0 Å². The minimum atomic E-state index is -4.82. The molecule has 8 nitrogen and oxygen atoms in total. The number of aromatic nitrogens is 1. The van der Waals surface area contributed by atoms with Crippen molar-refractivity contribution in [2.75, 3.05) is 23.4 Å². The number of pyridine rings is 1. The zero-order valence-electron chi connectivity index (χ0n) is 19.8. The fourth-order valence-corrected chi connectivity index (χ4v) is 5.44. The summed E-state index contributed by atoms with van der Waals surface area (Å²) in [7, 11) is 1.75. The van der Waals surface area contributed by atoms with E-state index < -0.39 is 28.9 Å². The molecule has 2 aliphatic heterocycles. The van der Waals surface area contributed by atoms with E-state index in [4.69, 9.17) is 22.2 Å². The third-order valence-electron chi connectivity index (χ3n) is 7.15. The molecule has 5 rings (SSSR count). The number of thiocarbonyl (C=S) groups is 1. The number of piperidine rings is 1. The van der Waals surface area contributed by atoms with Crippen LogP contribution >= 0.6 is 12.2 Å². The smallest absolute Gasteiger partial charge is 0.419 e. The number of amides is 2. The molecule has 0 radical (unpaired) electrons. The Morgan fingerprint density at radius 2 is 1.89 bits per heavy atom. The van der Waals surface area contributed by atoms with Gasteiger partial charge in [-0.05, 0) is 61.8 Å². The molecule has 192 valence electrons. The van der Waals surface area contributed by atoms with Gasteiger partial charge in [-0.3, -0.25) is 14.5 Å². The zero-order valence-corrected chi connectivity index (χ0v) is 20.6. The summed E-state index contributed by atoms with van der Waals surface area (Å²) in [5.41, 5.74) is -2.53. The SMILES string of the molecule is CN1CCC(Oc2ccc(N3C(=S)N(c4cnc(C#N)c(C(F)(F)F)c4)C(=O)C34CCC4)cc2)CC1=O. The number of carbonyl (C=O) groups is 2. The number of halogens is 3. The van der Waals surface area contributed by atoms with Crippen LogP contribution in [-0.2, 0) is 15.8 Å². The monoisotopic (exact) mass is 529 g/mol. The molecule has 0 N–H and O–H groups in total. The predicted molar refractivity (Wildman–Crippen MR) is 131 cm³/mol. The first-order valence-corrected chi connectivity index (χ1v) is 12.1. The average Bonchev–Trinajstić information content (AvgIpc) is 3.07. The van der Waals surface area contributed by atoms with Gasteiger partial charge in [0.1, 0.15) is 23.5 Å². The van der Waals surface area contributed by atoms with E-state index in [-0.39, 0.29) is 22.8 Å². The third kappa shape index (κ3) is 4.17. The van der Waals surface area contributed by atoms with Gasteiger partial charge in [-0.25, -0.2) is 4.98 Å². The fraction of sp³-hybridized carbons (Fsp3) is 0.400. The molecule has 37 heavy (non-hydrogen) atoms. The van der Waals surface area contributed by atoms with Gasteiger partial charge >= 0.3 is 6.18 Å². The minimum absolute atomic E-state index is 0.0202. The average molecular weight is 530 g/mol. The lowest BCUT2D eigenvalue weighted by molar-refractivity contribution is -0.138. The Morgan fingerprint density at radius 3 is 2.46 bits per heavy atom. The van der Waals surface area contributed by atoms with E-state index in [0.717, 1.165) is 23.6 Å². The summed E-state index contributed by atoms with van der Waals surface area (Å²) in [6.45, 7) is 0.615. The van der Waals surface area contributed by atoms with Gasteiger partial charge in [-0.2, -0.15) is 18.4 Å². The molecule has 3 aliphatic rings. The molecule has 2 saturated heterocycles. The van der Waals surface area contributed by atoms with Crippen molar-refractivity contribution < 1.29 is 27.5 Å². The van der Waals surface area contributed by atoms with Crippen molar-refractivity contribution >= 4 is 40.5 Å². The van der Waals surface area contributed by atoms with Crippen molar-refractivity contribution in [1.29, 1.82) is 5.26 Å². The molecule has 1 aromatic carbocycles. The summed E-state index contributed by atoms with van der Waals surface area (Å²) in [5, 5.41) is 9.10. The summed E-state index contributed by atoms with van der Waals surface area (Å²) >= 11 is 5.62. The lowest BCUT2D eigenvalue weighted by atomic mass is 9.75. The lowest BCUT2D eigenvalue weighted by Crippen LogP contribution is -2.55. The fourth-order valence-electron chi connectivity index (χ4n) is 4.97. The van der Waals surface area contributed by atoms with Crippen LogP contribution in [0, 0.1) is 11.3 Å². The maximum Gasteiger partial charge on any atom is 0.419 e. The normalized spacial score (nSPS) is 21.3. The molecule has 1 aliphatic carbocycles. The quantitative estimate of drug-likeness (QED) is 0.553. The number of nitriles is 1. The number of anilines is 2. The largest absolute Gasteiger partial charge is 0.490 e. The molecule has 1 atom stereocenters. The summed E-state index contributed by atoms with van der Waals surface area (Å²) in [6, 6.07) is 9.13. The first kappa shape index (κ1) is 25.0. The molecule has 1 saturated carbocycles. The van der Waals surface area contributed by atoms with Gasteiger partial charge in [0.15, 0.2) is 10.8 Å².